The van der Waals surface area contributed by atoms with Crippen molar-refractivity contribution in [2.24, 2.45) is 0 Å². The van der Waals surface area contributed by atoms with Crippen molar-refractivity contribution in [2.45, 2.75) is 61.5 Å². The van der Waals surface area contributed by atoms with Gasteiger partial charge in [0.1, 0.15) is 5.69 Å². The standard InChI is InChI=1S/C17H25N3O5S/c1-18-26(23,24)14-5-6-15(16(11-14)20(21)22)19-13-7-10-25-17(12-13)8-3-2-4-9-17/h5-6,11,13,18-19H,2-4,7-10,12H2,1H3. The lowest BCUT2D eigenvalue weighted by molar-refractivity contribution is -0.384. The molecule has 1 saturated heterocycles. The van der Waals surface area contributed by atoms with Crippen molar-refractivity contribution < 1.29 is 18.1 Å². The number of sulfonamides is 1. The molecule has 1 spiro atoms. The van der Waals surface area contributed by atoms with Gasteiger partial charge in [0.25, 0.3) is 5.69 Å². The second-order valence-corrected chi connectivity index (χ2v) is 8.96. The van der Waals surface area contributed by atoms with Gasteiger partial charge in [-0.1, -0.05) is 19.3 Å². The summed E-state index contributed by atoms with van der Waals surface area (Å²) >= 11 is 0. The highest BCUT2D eigenvalue weighted by atomic mass is 32.2. The van der Waals surface area contributed by atoms with Crippen molar-refractivity contribution in [1.29, 1.82) is 0 Å². The molecular formula is C17H25N3O5S. The number of nitro groups is 1. The lowest BCUT2D eigenvalue weighted by atomic mass is 9.78. The van der Waals surface area contributed by atoms with Crippen LogP contribution in [0.15, 0.2) is 23.1 Å². The summed E-state index contributed by atoms with van der Waals surface area (Å²) in [4.78, 5) is 10.8. The van der Waals surface area contributed by atoms with E-state index in [9.17, 15) is 18.5 Å². The smallest absolute Gasteiger partial charge is 0.293 e. The van der Waals surface area contributed by atoms with Crippen LogP contribution in [0.1, 0.15) is 44.9 Å². The van der Waals surface area contributed by atoms with Gasteiger partial charge in [0.05, 0.1) is 15.4 Å². The Bertz CT molecular complexity index is 769. The molecule has 9 heteroatoms. The minimum absolute atomic E-state index is 0.0762. The third kappa shape index (κ3) is 3.99. The van der Waals surface area contributed by atoms with Crippen molar-refractivity contribution in [3.05, 3.63) is 28.3 Å². The highest BCUT2D eigenvalue weighted by Crippen LogP contribution is 2.40. The number of ether oxygens (including phenoxy) is 1. The molecule has 1 aliphatic heterocycles. The Morgan fingerprint density at radius 2 is 2.00 bits per heavy atom. The molecule has 3 rings (SSSR count). The van der Waals surface area contributed by atoms with Gasteiger partial charge in [-0.15, -0.1) is 0 Å². The van der Waals surface area contributed by atoms with Crippen molar-refractivity contribution in [2.75, 3.05) is 19.0 Å². The molecule has 0 radical (unpaired) electrons. The largest absolute Gasteiger partial charge is 0.377 e. The maximum atomic E-state index is 11.9. The van der Waals surface area contributed by atoms with Gasteiger partial charge in [0, 0.05) is 18.7 Å². The molecule has 1 aromatic carbocycles. The molecule has 1 saturated carbocycles. The van der Waals surface area contributed by atoms with Crippen molar-refractivity contribution in [3.8, 4) is 0 Å². The van der Waals surface area contributed by atoms with E-state index in [2.05, 4.69) is 10.0 Å². The number of hydrogen-bond acceptors (Lipinski definition) is 6. The van der Waals surface area contributed by atoms with Gasteiger partial charge >= 0.3 is 0 Å². The van der Waals surface area contributed by atoms with Crippen LogP contribution in [-0.4, -0.2) is 38.6 Å². The normalized spacial score (nSPS) is 22.9. The third-order valence-electron chi connectivity index (χ3n) is 5.36. The molecule has 2 fully saturated rings. The predicted octanol–water partition coefficient (Wildman–Crippen LogP) is 2.80. The summed E-state index contributed by atoms with van der Waals surface area (Å²) in [7, 11) is -2.45. The minimum Gasteiger partial charge on any atom is -0.377 e. The first-order chi connectivity index (χ1) is 12.4. The number of hydrogen-bond donors (Lipinski definition) is 2. The minimum atomic E-state index is -3.73. The topological polar surface area (TPSA) is 111 Å². The Morgan fingerprint density at radius 1 is 1.27 bits per heavy atom. The van der Waals surface area contributed by atoms with Crippen LogP contribution in [-0.2, 0) is 14.8 Å². The van der Waals surface area contributed by atoms with E-state index in [1.807, 2.05) is 0 Å². The lowest BCUT2D eigenvalue weighted by Gasteiger charge is -2.43. The number of nitro benzene ring substituents is 1. The lowest BCUT2D eigenvalue weighted by Crippen LogP contribution is -2.45. The van der Waals surface area contributed by atoms with Crippen LogP contribution < -0.4 is 10.0 Å². The summed E-state index contributed by atoms with van der Waals surface area (Å²) in [5.41, 5.74) is 0.00617. The van der Waals surface area contributed by atoms with Gasteiger partial charge in [0.2, 0.25) is 10.0 Å². The Kier molecular flexibility index (Phi) is 5.50. The molecule has 1 aromatic rings. The molecule has 0 aromatic heterocycles. The van der Waals surface area contributed by atoms with Crippen molar-refractivity contribution in [1.82, 2.24) is 4.72 Å². The molecule has 0 bridgehead atoms. The first-order valence-corrected chi connectivity index (χ1v) is 10.5. The summed E-state index contributed by atoms with van der Waals surface area (Å²) < 4.78 is 32.1. The zero-order valence-corrected chi connectivity index (χ0v) is 15.7. The van der Waals surface area contributed by atoms with Crippen LogP contribution in [0.4, 0.5) is 11.4 Å². The van der Waals surface area contributed by atoms with E-state index in [0.29, 0.717) is 12.3 Å². The van der Waals surface area contributed by atoms with E-state index in [1.165, 1.54) is 25.6 Å². The second-order valence-electron chi connectivity index (χ2n) is 7.07. The Balaban J connectivity index is 1.81. The number of nitrogens with one attached hydrogen (secondary N) is 2. The van der Waals surface area contributed by atoms with Gasteiger partial charge in [-0.25, -0.2) is 13.1 Å². The molecule has 0 amide bonds. The molecule has 1 unspecified atom stereocenters. The molecule has 1 aliphatic carbocycles. The number of rotatable bonds is 5. The third-order valence-corrected chi connectivity index (χ3v) is 6.77. The van der Waals surface area contributed by atoms with Crippen LogP contribution >= 0.6 is 0 Å². The van der Waals surface area contributed by atoms with E-state index < -0.39 is 14.9 Å². The summed E-state index contributed by atoms with van der Waals surface area (Å²) in [6, 6.07) is 4.04. The monoisotopic (exact) mass is 383 g/mol. The quantitative estimate of drug-likeness (QED) is 0.597. The van der Waals surface area contributed by atoms with E-state index in [-0.39, 0.29) is 22.2 Å². The number of nitrogens with zero attached hydrogens (tertiary/aromatic N) is 1. The fourth-order valence-electron chi connectivity index (χ4n) is 3.98. The van der Waals surface area contributed by atoms with Crippen molar-refractivity contribution in [3.63, 3.8) is 0 Å². The Morgan fingerprint density at radius 3 is 2.65 bits per heavy atom. The van der Waals surface area contributed by atoms with Crippen LogP contribution in [0.3, 0.4) is 0 Å². The van der Waals surface area contributed by atoms with Crippen LogP contribution in [0.2, 0.25) is 0 Å². The SMILES string of the molecule is CNS(=O)(=O)c1ccc(NC2CCOC3(CCCCC3)C2)c([N+](=O)[O-])c1. The summed E-state index contributed by atoms with van der Waals surface area (Å²) in [5, 5.41) is 14.7. The molecule has 26 heavy (non-hydrogen) atoms. The average Bonchev–Trinajstić information content (AvgIpc) is 2.62. The maximum absolute atomic E-state index is 11.9. The van der Waals surface area contributed by atoms with Gasteiger partial charge < -0.3 is 10.1 Å². The van der Waals surface area contributed by atoms with Gasteiger partial charge in [-0.2, -0.15) is 0 Å². The first kappa shape index (κ1) is 19.1. The molecule has 8 nitrogen and oxygen atoms in total. The fraction of sp³-hybridized carbons (Fsp3) is 0.647. The van der Waals surface area contributed by atoms with E-state index >= 15 is 0 Å². The molecule has 1 atom stereocenters. The number of anilines is 1. The Hall–Kier alpha value is -1.71. The maximum Gasteiger partial charge on any atom is 0.293 e. The van der Waals surface area contributed by atoms with Crippen LogP contribution in [0.5, 0.6) is 0 Å². The zero-order chi connectivity index (χ0) is 18.8. The first-order valence-electron chi connectivity index (χ1n) is 8.98. The van der Waals surface area contributed by atoms with Gasteiger partial charge in [-0.05, 0) is 44.9 Å². The Labute approximate surface area is 153 Å². The predicted molar refractivity (Wildman–Crippen MR) is 97.8 cm³/mol. The second kappa shape index (κ2) is 7.50. The van der Waals surface area contributed by atoms with Gasteiger partial charge in [0.15, 0.2) is 0 Å². The van der Waals surface area contributed by atoms with Gasteiger partial charge in [-0.3, -0.25) is 10.1 Å². The molecular weight excluding hydrogens is 358 g/mol. The molecule has 144 valence electrons. The highest BCUT2D eigenvalue weighted by molar-refractivity contribution is 7.89. The number of benzene rings is 1. The van der Waals surface area contributed by atoms with Crippen LogP contribution in [0.25, 0.3) is 0 Å². The molecule has 2 aliphatic rings. The van der Waals surface area contributed by atoms with Crippen LogP contribution in [0, 0.1) is 10.1 Å². The van der Waals surface area contributed by atoms with E-state index in [0.717, 1.165) is 44.6 Å². The molecule has 1 heterocycles. The fourth-order valence-corrected chi connectivity index (χ4v) is 4.73. The van der Waals surface area contributed by atoms with E-state index in [4.69, 9.17) is 4.74 Å². The zero-order valence-electron chi connectivity index (χ0n) is 14.9. The van der Waals surface area contributed by atoms with E-state index in [1.54, 1.807) is 0 Å². The highest BCUT2D eigenvalue weighted by Gasteiger charge is 2.39. The summed E-state index contributed by atoms with van der Waals surface area (Å²) in [6.07, 6.45) is 7.21. The summed E-state index contributed by atoms with van der Waals surface area (Å²) in [5.74, 6) is 0. The average molecular weight is 383 g/mol. The molecule has 2 N–H and O–H groups in total. The summed E-state index contributed by atoms with van der Waals surface area (Å²) in [6.45, 7) is 0.637. The van der Waals surface area contributed by atoms with Crippen molar-refractivity contribution >= 4 is 21.4 Å².